The summed E-state index contributed by atoms with van der Waals surface area (Å²) in [5.74, 6) is -0.702. The topological polar surface area (TPSA) is 70.7 Å². The van der Waals surface area contributed by atoms with Gasteiger partial charge in [-0.15, -0.1) is 0 Å². The molecule has 6 nitrogen and oxygen atoms in total. The van der Waals surface area contributed by atoms with Crippen LogP contribution in [0.5, 0.6) is 0 Å². The van der Waals surface area contributed by atoms with Gasteiger partial charge in [0.15, 0.2) is 0 Å². The van der Waals surface area contributed by atoms with E-state index in [4.69, 9.17) is 16.3 Å². The average Bonchev–Trinajstić information content (AvgIpc) is 2.65. The Morgan fingerprint density at radius 3 is 2.38 bits per heavy atom. The first-order valence-electron chi connectivity index (χ1n) is 8.03. The SMILES string of the molecule is O=C(Nc1ccc(C(=O)N2CCOCC2)cc1)Nc1ccc(Cl)cc1F. The van der Waals surface area contributed by atoms with Crippen LogP contribution in [0.2, 0.25) is 5.02 Å². The zero-order chi connectivity index (χ0) is 18.5. The molecule has 1 saturated heterocycles. The molecule has 2 aromatic carbocycles. The Kier molecular flexibility index (Phi) is 5.70. The molecule has 0 atom stereocenters. The van der Waals surface area contributed by atoms with E-state index < -0.39 is 11.8 Å². The van der Waals surface area contributed by atoms with Crippen molar-refractivity contribution in [3.05, 3.63) is 58.9 Å². The van der Waals surface area contributed by atoms with Crippen molar-refractivity contribution >= 4 is 34.9 Å². The van der Waals surface area contributed by atoms with Crippen molar-refractivity contribution < 1.29 is 18.7 Å². The first kappa shape index (κ1) is 18.2. The Balaban J connectivity index is 1.59. The van der Waals surface area contributed by atoms with E-state index in [1.54, 1.807) is 29.2 Å². The van der Waals surface area contributed by atoms with Crippen molar-refractivity contribution in [3.63, 3.8) is 0 Å². The minimum Gasteiger partial charge on any atom is -0.378 e. The van der Waals surface area contributed by atoms with Crippen LogP contribution in [0, 0.1) is 5.82 Å². The number of urea groups is 1. The van der Waals surface area contributed by atoms with Crippen LogP contribution < -0.4 is 10.6 Å². The van der Waals surface area contributed by atoms with Gasteiger partial charge in [0.05, 0.1) is 18.9 Å². The second kappa shape index (κ2) is 8.16. The van der Waals surface area contributed by atoms with Gasteiger partial charge in [-0.05, 0) is 42.5 Å². The van der Waals surface area contributed by atoms with Crippen molar-refractivity contribution in [1.82, 2.24) is 4.90 Å². The number of amides is 3. The number of nitrogens with zero attached hydrogens (tertiary/aromatic N) is 1. The third-order valence-electron chi connectivity index (χ3n) is 3.87. The van der Waals surface area contributed by atoms with Crippen molar-refractivity contribution in [2.75, 3.05) is 36.9 Å². The standard InChI is InChI=1S/C18H17ClFN3O3/c19-13-3-6-16(15(20)11-13)22-18(25)21-14-4-1-12(2-5-14)17(24)23-7-9-26-10-8-23/h1-6,11H,7-10H2,(H2,21,22,25). The lowest BCUT2D eigenvalue weighted by molar-refractivity contribution is 0.0303. The molecule has 0 bridgehead atoms. The molecular weight excluding hydrogens is 361 g/mol. The normalized spacial score (nSPS) is 14.0. The van der Waals surface area contributed by atoms with Crippen molar-refractivity contribution in [1.29, 1.82) is 0 Å². The van der Waals surface area contributed by atoms with Gasteiger partial charge < -0.3 is 20.3 Å². The smallest absolute Gasteiger partial charge is 0.323 e. The first-order chi connectivity index (χ1) is 12.5. The van der Waals surface area contributed by atoms with Gasteiger partial charge >= 0.3 is 6.03 Å². The number of carbonyl (C=O) groups is 2. The minimum absolute atomic E-state index is 0.0195. The summed E-state index contributed by atoms with van der Waals surface area (Å²) < 4.78 is 18.9. The van der Waals surface area contributed by atoms with Gasteiger partial charge in [0.25, 0.3) is 5.91 Å². The highest BCUT2D eigenvalue weighted by molar-refractivity contribution is 6.30. The van der Waals surface area contributed by atoms with Gasteiger partial charge in [0.1, 0.15) is 5.82 Å². The molecule has 0 aromatic heterocycles. The van der Waals surface area contributed by atoms with Crippen LogP contribution in [-0.4, -0.2) is 43.1 Å². The van der Waals surface area contributed by atoms with Crippen molar-refractivity contribution in [2.45, 2.75) is 0 Å². The lowest BCUT2D eigenvalue weighted by atomic mass is 10.1. The van der Waals surface area contributed by atoms with Crippen LogP contribution in [-0.2, 0) is 4.74 Å². The predicted octanol–water partition coefficient (Wildman–Crippen LogP) is 3.60. The number of carbonyl (C=O) groups excluding carboxylic acids is 2. The molecule has 8 heteroatoms. The molecule has 3 rings (SSSR count). The number of ether oxygens (including phenoxy) is 1. The molecule has 2 aromatic rings. The summed E-state index contributed by atoms with van der Waals surface area (Å²) in [6.07, 6.45) is 0. The monoisotopic (exact) mass is 377 g/mol. The molecule has 26 heavy (non-hydrogen) atoms. The molecule has 3 amide bonds. The Hall–Kier alpha value is -2.64. The highest BCUT2D eigenvalue weighted by atomic mass is 35.5. The molecule has 2 N–H and O–H groups in total. The minimum atomic E-state index is -0.626. The van der Waals surface area contributed by atoms with Crippen LogP contribution in [0.3, 0.4) is 0 Å². The quantitative estimate of drug-likeness (QED) is 0.858. The highest BCUT2D eigenvalue weighted by Gasteiger charge is 2.18. The van der Waals surface area contributed by atoms with Gasteiger partial charge in [0, 0.05) is 29.4 Å². The number of nitrogens with one attached hydrogen (secondary N) is 2. The zero-order valence-corrected chi connectivity index (χ0v) is 14.6. The Bertz CT molecular complexity index is 808. The number of halogens is 2. The molecule has 0 saturated carbocycles. The molecule has 1 aliphatic rings. The molecule has 1 aliphatic heterocycles. The van der Waals surface area contributed by atoms with Gasteiger partial charge in [-0.25, -0.2) is 9.18 Å². The number of hydrogen-bond acceptors (Lipinski definition) is 3. The molecule has 136 valence electrons. The fourth-order valence-corrected chi connectivity index (χ4v) is 2.68. The molecule has 0 unspecified atom stereocenters. The van der Waals surface area contributed by atoms with Gasteiger partial charge in [-0.2, -0.15) is 0 Å². The maximum Gasteiger partial charge on any atom is 0.323 e. The predicted molar refractivity (Wildman–Crippen MR) is 97.2 cm³/mol. The summed E-state index contributed by atoms with van der Waals surface area (Å²) >= 11 is 5.67. The largest absolute Gasteiger partial charge is 0.378 e. The Labute approximate surface area is 154 Å². The lowest BCUT2D eigenvalue weighted by Crippen LogP contribution is -2.40. The number of morpholine rings is 1. The van der Waals surface area contributed by atoms with E-state index in [0.717, 1.165) is 6.07 Å². The maximum atomic E-state index is 13.7. The highest BCUT2D eigenvalue weighted by Crippen LogP contribution is 2.19. The summed E-state index contributed by atoms with van der Waals surface area (Å²) in [6, 6.07) is 9.87. The van der Waals surface area contributed by atoms with E-state index in [0.29, 0.717) is 37.6 Å². The zero-order valence-electron chi connectivity index (χ0n) is 13.8. The van der Waals surface area contributed by atoms with E-state index in [-0.39, 0.29) is 16.6 Å². The first-order valence-corrected chi connectivity index (χ1v) is 8.41. The average molecular weight is 378 g/mol. The molecule has 1 fully saturated rings. The van der Waals surface area contributed by atoms with E-state index in [1.807, 2.05) is 0 Å². The summed E-state index contributed by atoms with van der Waals surface area (Å²) in [6.45, 7) is 2.20. The van der Waals surface area contributed by atoms with Gasteiger partial charge in [0.2, 0.25) is 0 Å². The van der Waals surface area contributed by atoms with E-state index >= 15 is 0 Å². The fourth-order valence-electron chi connectivity index (χ4n) is 2.52. The third-order valence-corrected chi connectivity index (χ3v) is 4.10. The Morgan fingerprint density at radius 2 is 1.73 bits per heavy atom. The summed E-state index contributed by atoms with van der Waals surface area (Å²) in [5.41, 5.74) is 1.03. The molecule has 0 radical (unpaired) electrons. The van der Waals surface area contributed by atoms with Gasteiger partial charge in [-0.1, -0.05) is 11.6 Å². The Morgan fingerprint density at radius 1 is 1.04 bits per heavy atom. The summed E-state index contributed by atoms with van der Waals surface area (Å²) in [4.78, 5) is 26.1. The van der Waals surface area contributed by atoms with Crippen LogP contribution in [0.15, 0.2) is 42.5 Å². The second-order valence-electron chi connectivity index (χ2n) is 5.69. The van der Waals surface area contributed by atoms with Crippen LogP contribution in [0.1, 0.15) is 10.4 Å². The summed E-state index contributed by atoms with van der Waals surface area (Å²) in [5, 5.41) is 5.23. The fraction of sp³-hybridized carbons (Fsp3) is 0.222. The molecule has 0 spiro atoms. The lowest BCUT2D eigenvalue weighted by Gasteiger charge is -2.26. The number of benzene rings is 2. The van der Waals surface area contributed by atoms with E-state index in [2.05, 4.69) is 10.6 Å². The van der Waals surface area contributed by atoms with Gasteiger partial charge in [-0.3, -0.25) is 4.79 Å². The van der Waals surface area contributed by atoms with E-state index in [1.165, 1.54) is 12.1 Å². The molecular formula is C18H17ClFN3O3. The van der Waals surface area contributed by atoms with E-state index in [9.17, 15) is 14.0 Å². The van der Waals surface area contributed by atoms with Crippen LogP contribution >= 0.6 is 11.6 Å². The van der Waals surface area contributed by atoms with Crippen LogP contribution in [0.4, 0.5) is 20.6 Å². The summed E-state index contributed by atoms with van der Waals surface area (Å²) in [7, 11) is 0. The number of hydrogen-bond donors (Lipinski definition) is 2. The maximum absolute atomic E-state index is 13.7. The van der Waals surface area contributed by atoms with Crippen molar-refractivity contribution in [3.8, 4) is 0 Å². The van der Waals surface area contributed by atoms with Crippen molar-refractivity contribution in [2.24, 2.45) is 0 Å². The third kappa shape index (κ3) is 4.50. The molecule has 0 aliphatic carbocycles. The number of anilines is 2. The van der Waals surface area contributed by atoms with Crippen LogP contribution in [0.25, 0.3) is 0 Å². The molecule has 1 heterocycles. The second-order valence-corrected chi connectivity index (χ2v) is 6.12. The number of rotatable bonds is 3.